The van der Waals surface area contributed by atoms with Crippen LogP contribution in [0.1, 0.15) is 37.7 Å². The Morgan fingerprint density at radius 2 is 1.81 bits per heavy atom. The van der Waals surface area contributed by atoms with Crippen LogP contribution in [0.25, 0.3) is 0 Å². The standard InChI is InChI=1S/C12H20N6S2.C4H9N.Na/c13-12(16-17-14)10-8(18-6-2-1-3-7-18)4-5-9(19)11(10)20-15;1-2-4-5-3-1;/h4-5,17,19H,1-3,6-7,14-15H2,(H2,13,16);5H,1-4H2;/q;;+1/p-1. The number of piperidine rings is 1. The van der Waals surface area contributed by atoms with Gasteiger partial charge < -0.3 is 28.6 Å². The van der Waals surface area contributed by atoms with Crippen molar-refractivity contribution in [1.29, 1.82) is 0 Å². The molecule has 0 atom stereocenters. The average molecular weight is 406 g/mol. The Balaban J connectivity index is 0.000000486. The van der Waals surface area contributed by atoms with Gasteiger partial charge in [-0.2, -0.15) is 4.90 Å². The summed E-state index contributed by atoms with van der Waals surface area (Å²) in [7, 11) is 0. The first-order chi connectivity index (χ1) is 12.2. The van der Waals surface area contributed by atoms with Gasteiger partial charge in [0.15, 0.2) is 5.84 Å². The number of nitrogens with two attached hydrogens (primary N) is 3. The predicted molar refractivity (Wildman–Crippen MR) is 108 cm³/mol. The van der Waals surface area contributed by atoms with Crippen LogP contribution >= 0.6 is 11.9 Å². The van der Waals surface area contributed by atoms with E-state index in [4.69, 9.17) is 29.3 Å². The van der Waals surface area contributed by atoms with Crippen LogP contribution in [0.4, 0.5) is 5.69 Å². The molecule has 0 spiro atoms. The van der Waals surface area contributed by atoms with Gasteiger partial charge in [0, 0.05) is 23.7 Å². The molecule has 3 rings (SSSR count). The van der Waals surface area contributed by atoms with E-state index in [1.807, 2.05) is 12.1 Å². The number of nitrogens with one attached hydrogen (secondary N) is 2. The summed E-state index contributed by atoms with van der Waals surface area (Å²) >= 11 is 6.42. The molecule has 2 saturated heterocycles. The van der Waals surface area contributed by atoms with E-state index in [0.29, 0.717) is 10.7 Å². The van der Waals surface area contributed by atoms with Crippen molar-refractivity contribution in [1.82, 2.24) is 10.9 Å². The summed E-state index contributed by atoms with van der Waals surface area (Å²) in [6, 6.07) is 3.88. The quantitative estimate of drug-likeness (QED) is 0.0743. The van der Waals surface area contributed by atoms with Gasteiger partial charge in [-0.25, -0.2) is 11.4 Å². The Bertz CT molecular complexity index is 568. The minimum atomic E-state index is 0. The Morgan fingerprint density at radius 1 is 1.15 bits per heavy atom. The molecular weight excluding hydrogens is 377 g/mol. The van der Waals surface area contributed by atoms with Gasteiger partial charge in [-0.05, 0) is 63.2 Å². The van der Waals surface area contributed by atoms with Gasteiger partial charge in [0.25, 0.3) is 0 Å². The van der Waals surface area contributed by atoms with Crippen molar-refractivity contribution in [3.05, 3.63) is 17.7 Å². The topological polar surface area (TPSA) is 118 Å². The van der Waals surface area contributed by atoms with Crippen LogP contribution in [0.2, 0.25) is 0 Å². The summed E-state index contributed by atoms with van der Waals surface area (Å²) in [6.45, 7) is 4.50. The second-order valence-corrected chi connectivity index (χ2v) is 7.12. The van der Waals surface area contributed by atoms with Gasteiger partial charge in [-0.3, -0.25) is 5.14 Å². The molecule has 1 aromatic carbocycles. The number of benzene rings is 1. The number of nitrogens with zero attached hydrogens (tertiary/aromatic N) is 2. The molecule has 0 amide bonds. The molecule has 26 heavy (non-hydrogen) atoms. The Kier molecular flexibility index (Phi) is 11.9. The molecule has 1 aromatic rings. The van der Waals surface area contributed by atoms with Crippen LogP contribution in [-0.4, -0.2) is 32.0 Å². The van der Waals surface area contributed by atoms with E-state index in [9.17, 15) is 0 Å². The van der Waals surface area contributed by atoms with E-state index < -0.39 is 0 Å². The molecular formula is C16H28N7NaS2. The largest absolute Gasteiger partial charge is 1.00 e. The molecule has 2 fully saturated rings. The summed E-state index contributed by atoms with van der Waals surface area (Å²) in [5.41, 5.74) is 10.0. The van der Waals surface area contributed by atoms with Crippen molar-refractivity contribution < 1.29 is 29.6 Å². The Hall–Kier alpha value is -0.260. The number of hydrazine groups is 1. The summed E-state index contributed by atoms with van der Waals surface area (Å²) < 4.78 is 0. The maximum Gasteiger partial charge on any atom is 1.00 e. The minimum Gasteiger partial charge on any atom is -0.779 e. The zero-order valence-corrected chi connectivity index (χ0v) is 19.1. The second kappa shape index (κ2) is 13.0. The molecule has 2 aliphatic heterocycles. The van der Waals surface area contributed by atoms with E-state index in [-0.39, 0.29) is 29.6 Å². The molecule has 0 aromatic heterocycles. The van der Waals surface area contributed by atoms with Crippen molar-refractivity contribution >= 4 is 36.1 Å². The van der Waals surface area contributed by atoms with Gasteiger partial charge in [0.1, 0.15) is 0 Å². The van der Waals surface area contributed by atoms with Crippen LogP contribution in [0.3, 0.4) is 0 Å². The van der Waals surface area contributed by atoms with Gasteiger partial charge in [0.2, 0.25) is 0 Å². The molecule has 10 heteroatoms. The molecule has 2 aliphatic rings. The van der Waals surface area contributed by atoms with Crippen LogP contribution in [0.15, 0.2) is 27.0 Å². The van der Waals surface area contributed by atoms with Crippen LogP contribution in [0.5, 0.6) is 0 Å². The van der Waals surface area contributed by atoms with Crippen molar-refractivity contribution in [3.8, 4) is 0 Å². The molecule has 8 N–H and O–H groups in total. The predicted octanol–water partition coefficient (Wildman–Crippen LogP) is -1.99. The van der Waals surface area contributed by atoms with E-state index in [0.717, 1.165) is 41.2 Å². The smallest absolute Gasteiger partial charge is 0.779 e. The summed E-state index contributed by atoms with van der Waals surface area (Å²) in [5.74, 6) is 5.53. The number of rotatable bonds is 4. The Morgan fingerprint density at radius 3 is 2.31 bits per heavy atom. The van der Waals surface area contributed by atoms with Gasteiger partial charge in [-0.1, -0.05) is 6.07 Å². The molecule has 0 radical (unpaired) electrons. The molecule has 2 heterocycles. The average Bonchev–Trinajstić information content (AvgIpc) is 3.22. The van der Waals surface area contributed by atoms with Gasteiger partial charge in [0.05, 0.1) is 5.56 Å². The van der Waals surface area contributed by atoms with E-state index >= 15 is 0 Å². The fraction of sp³-hybridized carbons (Fsp3) is 0.562. The number of hydrazone groups is 1. The molecule has 0 saturated carbocycles. The van der Waals surface area contributed by atoms with Crippen LogP contribution in [0, 0.1) is 0 Å². The summed E-state index contributed by atoms with van der Waals surface area (Å²) in [5, 5.41) is 12.9. The van der Waals surface area contributed by atoms with Crippen molar-refractivity contribution in [2.45, 2.75) is 41.9 Å². The molecule has 140 valence electrons. The number of anilines is 1. The van der Waals surface area contributed by atoms with Crippen LogP contribution < -0.4 is 62.0 Å². The van der Waals surface area contributed by atoms with E-state index in [1.54, 1.807) is 0 Å². The summed E-state index contributed by atoms with van der Waals surface area (Å²) in [4.78, 5) is 3.73. The molecule has 0 aliphatic carbocycles. The monoisotopic (exact) mass is 405 g/mol. The third-order valence-corrected chi connectivity index (χ3v) is 5.44. The Labute approximate surface area is 188 Å². The van der Waals surface area contributed by atoms with Crippen LogP contribution in [-0.2, 0) is 12.6 Å². The normalized spacial score (nSPS) is 17.2. The van der Waals surface area contributed by atoms with Crippen molar-refractivity contribution in [2.75, 3.05) is 31.1 Å². The zero-order chi connectivity index (χ0) is 18.1. The molecule has 0 unspecified atom stereocenters. The molecule has 7 nitrogen and oxygen atoms in total. The number of hydrogen-bond acceptors (Lipinski definition) is 8. The fourth-order valence-corrected chi connectivity index (χ4v) is 3.89. The van der Waals surface area contributed by atoms with Crippen molar-refractivity contribution in [3.63, 3.8) is 0 Å². The van der Waals surface area contributed by atoms with E-state index in [2.05, 4.69) is 20.9 Å². The third kappa shape index (κ3) is 6.72. The second-order valence-electron chi connectivity index (χ2n) is 6.04. The zero-order valence-electron chi connectivity index (χ0n) is 15.5. The number of amidine groups is 1. The minimum absolute atomic E-state index is 0. The maximum atomic E-state index is 6.02. The van der Waals surface area contributed by atoms with Gasteiger partial charge in [-0.15, -0.1) is 5.10 Å². The first-order valence-corrected chi connectivity index (χ1v) is 9.93. The maximum absolute atomic E-state index is 6.02. The summed E-state index contributed by atoms with van der Waals surface area (Å²) in [6.07, 6.45) is 6.39. The fourth-order valence-electron chi connectivity index (χ4n) is 3.07. The van der Waals surface area contributed by atoms with Crippen molar-refractivity contribution in [2.24, 2.45) is 21.8 Å². The first kappa shape index (κ1) is 23.8. The number of hydrogen-bond donors (Lipinski definition) is 5. The first-order valence-electron chi connectivity index (χ1n) is 8.64. The molecule has 0 bridgehead atoms. The third-order valence-electron chi connectivity index (χ3n) is 4.31. The SMILES string of the molecule is C1CCNC1.NN/N=C(\N)c1c(N2CCCCC2)ccc([S-])c1SN.[Na+]. The van der Waals surface area contributed by atoms with E-state index in [1.165, 1.54) is 45.2 Å². The van der Waals surface area contributed by atoms with Gasteiger partial charge >= 0.3 is 29.6 Å².